The third-order valence-electron chi connectivity index (χ3n) is 2.79. The van der Waals surface area contributed by atoms with Gasteiger partial charge in [0.1, 0.15) is 0 Å². The Morgan fingerprint density at radius 1 is 0.778 bits per heavy atom. The molecule has 0 bridgehead atoms. The second kappa shape index (κ2) is 5.93. The quantitative estimate of drug-likeness (QED) is 0.615. The molecule has 0 heterocycles. The van der Waals surface area contributed by atoms with E-state index in [4.69, 9.17) is 17.0 Å². The van der Waals surface area contributed by atoms with E-state index in [0.29, 0.717) is 0 Å². The number of methoxy groups -OCH3 is 2. The summed E-state index contributed by atoms with van der Waals surface area (Å²) in [6, 6.07) is 15.7. The van der Waals surface area contributed by atoms with Crippen molar-refractivity contribution >= 4 is 26.0 Å². The molecule has 0 aliphatic heterocycles. The molecule has 0 saturated heterocycles. The fourth-order valence-corrected chi connectivity index (χ4v) is 3.62. The van der Waals surface area contributed by atoms with Crippen LogP contribution in [0.2, 0.25) is 0 Å². The van der Waals surface area contributed by atoms with Gasteiger partial charge in [-0.3, -0.25) is 7.57 Å². The van der Waals surface area contributed by atoms with Crippen LogP contribution in [0.25, 0.3) is 0 Å². The average molecular weight is 257 g/mol. The molecular formula is C14H15BO2P. The molecule has 0 atom stereocenters. The fraction of sp³-hybridized carbons (Fsp3) is 0.143. The number of para-hydroxylation sites is 2. The van der Waals surface area contributed by atoms with Crippen LogP contribution in [0.4, 0.5) is 0 Å². The maximum atomic E-state index is 6.41. The zero-order chi connectivity index (χ0) is 13.0. The standard InChI is InChI=1S/C14H15BO2P/c1-16-11-7-3-5-9-13(11)18(15)14-10-6-4-8-12(14)17-2/h3-10,18H,1-2H3. The van der Waals surface area contributed by atoms with E-state index in [2.05, 4.69) is 0 Å². The molecule has 91 valence electrons. The summed E-state index contributed by atoms with van der Waals surface area (Å²) >= 11 is 0. The highest BCUT2D eigenvalue weighted by Gasteiger charge is 2.14. The maximum absolute atomic E-state index is 6.41. The number of benzene rings is 2. The van der Waals surface area contributed by atoms with E-state index in [0.717, 1.165) is 22.1 Å². The summed E-state index contributed by atoms with van der Waals surface area (Å²) < 4.78 is 10.7. The highest BCUT2D eigenvalue weighted by molar-refractivity contribution is 7.94. The second-order valence-corrected chi connectivity index (χ2v) is 5.72. The van der Waals surface area contributed by atoms with Crippen molar-refractivity contribution < 1.29 is 9.47 Å². The first kappa shape index (κ1) is 13.0. The lowest BCUT2D eigenvalue weighted by Crippen LogP contribution is -2.15. The molecule has 2 nitrogen and oxygen atoms in total. The van der Waals surface area contributed by atoms with E-state index in [9.17, 15) is 0 Å². The van der Waals surface area contributed by atoms with E-state index in [-0.39, 0.29) is 0 Å². The SMILES string of the molecule is [B-][PH+](c1ccccc1OC)c1ccccc1OC. The number of ether oxygens (including phenoxy) is 2. The van der Waals surface area contributed by atoms with Crippen LogP contribution >= 0.6 is 7.80 Å². The molecule has 0 unspecified atom stereocenters. The lowest BCUT2D eigenvalue weighted by molar-refractivity contribution is 0.417. The van der Waals surface area contributed by atoms with Gasteiger partial charge in [-0.2, -0.15) is 7.80 Å². The summed E-state index contributed by atoms with van der Waals surface area (Å²) in [4.78, 5) is 0. The molecule has 0 amide bonds. The Labute approximate surface area is 110 Å². The third-order valence-corrected chi connectivity index (χ3v) is 4.78. The second-order valence-electron chi connectivity index (χ2n) is 3.81. The Morgan fingerprint density at radius 3 is 1.56 bits per heavy atom. The Morgan fingerprint density at radius 2 is 1.17 bits per heavy atom. The predicted molar refractivity (Wildman–Crippen MR) is 79.3 cm³/mol. The van der Waals surface area contributed by atoms with Crippen LogP contribution in [0.15, 0.2) is 48.5 Å². The van der Waals surface area contributed by atoms with Crippen LogP contribution in [-0.2, 0) is 0 Å². The van der Waals surface area contributed by atoms with Crippen molar-refractivity contribution in [3.63, 3.8) is 0 Å². The molecule has 0 aliphatic carbocycles. The van der Waals surface area contributed by atoms with Crippen molar-refractivity contribution in [2.75, 3.05) is 14.2 Å². The molecule has 2 aromatic carbocycles. The molecule has 0 N–H and O–H groups in total. The molecule has 4 heteroatoms. The minimum Gasteiger partial charge on any atom is -0.493 e. The first-order chi connectivity index (χ1) is 8.77. The molecule has 2 rings (SSSR count). The molecule has 3 radical (unpaired) electrons. The zero-order valence-electron chi connectivity index (χ0n) is 10.5. The topological polar surface area (TPSA) is 18.5 Å². The van der Waals surface area contributed by atoms with Crippen molar-refractivity contribution in [2.24, 2.45) is 0 Å². The van der Waals surface area contributed by atoms with Gasteiger partial charge in [0, 0.05) is 0 Å². The van der Waals surface area contributed by atoms with E-state index >= 15 is 0 Å². The van der Waals surface area contributed by atoms with Crippen LogP contribution in [0, 0.1) is 0 Å². The molecule has 0 aromatic heterocycles. The maximum Gasteiger partial charge on any atom is 0.156 e. The summed E-state index contributed by atoms with van der Waals surface area (Å²) in [6.45, 7) is 0. The van der Waals surface area contributed by atoms with Gasteiger partial charge in [0.2, 0.25) is 0 Å². The minimum absolute atomic E-state index is 0.833. The molecule has 0 spiro atoms. The largest absolute Gasteiger partial charge is 0.493 e. The predicted octanol–water partition coefficient (Wildman–Crippen LogP) is 1.95. The first-order valence-electron chi connectivity index (χ1n) is 5.67. The molecule has 0 fully saturated rings. The van der Waals surface area contributed by atoms with Crippen molar-refractivity contribution in [2.45, 2.75) is 0 Å². The van der Waals surface area contributed by atoms with E-state index in [1.807, 2.05) is 48.5 Å². The summed E-state index contributed by atoms with van der Waals surface area (Å²) in [5.41, 5.74) is 0. The van der Waals surface area contributed by atoms with Gasteiger partial charge >= 0.3 is 0 Å². The van der Waals surface area contributed by atoms with Crippen molar-refractivity contribution in [3.8, 4) is 11.5 Å². The molecule has 0 saturated carbocycles. The van der Waals surface area contributed by atoms with E-state index in [1.54, 1.807) is 14.2 Å². The lowest BCUT2D eigenvalue weighted by atomic mass is 10.3. The highest BCUT2D eigenvalue weighted by atomic mass is 31.1. The summed E-state index contributed by atoms with van der Waals surface area (Å²) in [6.07, 6.45) is 0. The zero-order valence-corrected chi connectivity index (χ0v) is 11.5. The Balaban J connectivity index is 2.44. The van der Waals surface area contributed by atoms with Crippen molar-refractivity contribution in [3.05, 3.63) is 48.5 Å². The highest BCUT2D eigenvalue weighted by Crippen LogP contribution is 2.35. The van der Waals surface area contributed by atoms with Gasteiger partial charge in [-0.25, -0.2) is 0 Å². The van der Waals surface area contributed by atoms with Crippen LogP contribution in [0.1, 0.15) is 0 Å². The molecule has 2 aromatic rings. The van der Waals surface area contributed by atoms with Gasteiger partial charge in [0.05, 0.1) is 24.8 Å². The first-order valence-corrected chi connectivity index (χ1v) is 7.25. The number of hydrogen-bond donors (Lipinski definition) is 0. The molecular weight excluding hydrogens is 242 g/mol. The number of rotatable bonds is 4. The Hall–Kier alpha value is -1.47. The van der Waals surface area contributed by atoms with Crippen LogP contribution in [0.3, 0.4) is 0 Å². The lowest BCUT2D eigenvalue weighted by Gasteiger charge is -2.21. The minimum atomic E-state index is -1.38. The fourth-order valence-electron chi connectivity index (χ4n) is 1.88. The van der Waals surface area contributed by atoms with Gasteiger partial charge in [-0.05, 0) is 24.3 Å². The number of hydrogen-bond acceptors (Lipinski definition) is 2. The third kappa shape index (κ3) is 2.52. The van der Waals surface area contributed by atoms with Crippen molar-refractivity contribution in [1.82, 2.24) is 0 Å². The van der Waals surface area contributed by atoms with Crippen molar-refractivity contribution in [1.29, 1.82) is 0 Å². The summed E-state index contributed by atoms with van der Waals surface area (Å²) in [5, 5.41) is 2.10. The van der Waals surface area contributed by atoms with Gasteiger partial charge in [0.25, 0.3) is 0 Å². The summed E-state index contributed by atoms with van der Waals surface area (Å²) in [5.74, 6) is 1.67. The smallest absolute Gasteiger partial charge is 0.156 e. The Kier molecular flexibility index (Phi) is 4.27. The normalized spacial score (nSPS) is 10.4. The molecule has 18 heavy (non-hydrogen) atoms. The van der Waals surface area contributed by atoms with E-state index < -0.39 is 7.80 Å². The van der Waals surface area contributed by atoms with Crippen LogP contribution < -0.4 is 20.1 Å². The van der Waals surface area contributed by atoms with Gasteiger partial charge < -0.3 is 9.47 Å². The monoisotopic (exact) mass is 257 g/mol. The summed E-state index contributed by atoms with van der Waals surface area (Å²) in [7, 11) is 8.36. The van der Waals surface area contributed by atoms with Gasteiger partial charge in [0.15, 0.2) is 11.5 Å². The van der Waals surface area contributed by atoms with Crippen LogP contribution in [-0.4, -0.2) is 21.8 Å². The van der Waals surface area contributed by atoms with E-state index in [1.165, 1.54) is 0 Å². The van der Waals surface area contributed by atoms with Crippen LogP contribution in [0.5, 0.6) is 11.5 Å². The van der Waals surface area contributed by atoms with Gasteiger partial charge in [-0.1, -0.05) is 24.3 Å². The average Bonchev–Trinajstić information content (AvgIpc) is 2.46. The molecule has 0 aliphatic rings. The van der Waals surface area contributed by atoms with Gasteiger partial charge in [-0.15, -0.1) is 0 Å². The Bertz CT molecular complexity index is 483.